The zero-order valence-electron chi connectivity index (χ0n) is 11.9. The van der Waals surface area contributed by atoms with Crippen molar-refractivity contribution in [2.24, 2.45) is 0 Å². The number of fused-ring (bicyclic) bond motifs is 1. The molecule has 110 valence electrons. The summed E-state index contributed by atoms with van der Waals surface area (Å²) < 4.78 is 5.16. The number of methoxy groups -OCH3 is 1. The summed E-state index contributed by atoms with van der Waals surface area (Å²) in [6.07, 6.45) is 0. The number of anilines is 1. The first kappa shape index (κ1) is 13.9. The maximum absolute atomic E-state index is 12.1. The zero-order valence-corrected chi connectivity index (χ0v) is 11.9. The molecule has 0 aliphatic rings. The Labute approximate surface area is 126 Å². The van der Waals surface area contributed by atoms with Crippen molar-refractivity contribution in [3.8, 4) is 5.75 Å². The number of amides is 1. The molecule has 0 saturated heterocycles. The van der Waals surface area contributed by atoms with Gasteiger partial charge in [0.05, 0.1) is 7.11 Å². The van der Waals surface area contributed by atoms with Crippen molar-refractivity contribution in [2.45, 2.75) is 0 Å². The molecule has 5 nitrogen and oxygen atoms in total. The summed E-state index contributed by atoms with van der Waals surface area (Å²) in [6.45, 7) is 0. The topological polar surface area (TPSA) is 71.2 Å². The number of benzene rings is 2. The summed E-state index contributed by atoms with van der Waals surface area (Å²) in [5, 5.41) is 3.41. The number of ether oxygens (including phenoxy) is 1. The first-order valence-corrected chi connectivity index (χ1v) is 6.75. The molecule has 0 bridgehead atoms. The van der Waals surface area contributed by atoms with E-state index in [4.69, 9.17) is 4.74 Å². The number of hydrogen-bond acceptors (Lipinski definition) is 3. The van der Waals surface area contributed by atoms with Crippen LogP contribution in [0.25, 0.3) is 10.9 Å². The highest BCUT2D eigenvalue weighted by Gasteiger charge is 2.09. The molecule has 1 heterocycles. The van der Waals surface area contributed by atoms with Crippen LogP contribution >= 0.6 is 0 Å². The van der Waals surface area contributed by atoms with Gasteiger partial charge < -0.3 is 15.0 Å². The van der Waals surface area contributed by atoms with Gasteiger partial charge in [-0.1, -0.05) is 18.2 Å². The Bertz CT molecular complexity index is 885. The molecule has 0 saturated carbocycles. The molecule has 3 aromatic rings. The van der Waals surface area contributed by atoms with E-state index >= 15 is 0 Å². The highest BCUT2D eigenvalue weighted by molar-refractivity contribution is 6.04. The van der Waals surface area contributed by atoms with Crippen molar-refractivity contribution in [1.82, 2.24) is 4.98 Å². The second-order valence-electron chi connectivity index (χ2n) is 4.79. The van der Waals surface area contributed by atoms with Gasteiger partial charge in [-0.05, 0) is 36.4 Å². The minimum absolute atomic E-state index is 0.203. The molecule has 1 amide bonds. The number of rotatable bonds is 3. The predicted octanol–water partition coefficient (Wildman–Crippen LogP) is 2.79. The largest absolute Gasteiger partial charge is 0.497 e. The maximum Gasteiger partial charge on any atom is 0.272 e. The standard InChI is InChI=1S/C17H14N2O3/c1-22-13-7-8-14-12(9-13)10-15(17(21)18-14)19-16(20)11-5-3-2-4-6-11/h2-10H,1H3,(H,18,21)(H,19,20). The van der Waals surface area contributed by atoms with Crippen molar-refractivity contribution < 1.29 is 9.53 Å². The number of aromatic amines is 1. The van der Waals surface area contributed by atoms with Crippen LogP contribution in [0.2, 0.25) is 0 Å². The van der Waals surface area contributed by atoms with Crippen LogP contribution in [0.5, 0.6) is 5.75 Å². The van der Waals surface area contributed by atoms with E-state index in [1.165, 1.54) is 0 Å². The second-order valence-corrected chi connectivity index (χ2v) is 4.79. The fraction of sp³-hybridized carbons (Fsp3) is 0.0588. The van der Waals surface area contributed by atoms with Crippen LogP contribution < -0.4 is 15.6 Å². The lowest BCUT2D eigenvalue weighted by Crippen LogP contribution is -2.19. The van der Waals surface area contributed by atoms with E-state index < -0.39 is 0 Å². The molecule has 2 N–H and O–H groups in total. The van der Waals surface area contributed by atoms with Gasteiger partial charge >= 0.3 is 0 Å². The third kappa shape index (κ3) is 2.69. The maximum atomic E-state index is 12.1. The number of carbonyl (C=O) groups is 1. The summed E-state index contributed by atoms with van der Waals surface area (Å²) in [5.74, 6) is 0.355. The van der Waals surface area contributed by atoms with E-state index in [0.717, 1.165) is 5.39 Å². The molecular weight excluding hydrogens is 280 g/mol. The lowest BCUT2D eigenvalue weighted by atomic mass is 10.2. The molecule has 0 radical (unpaired) electrons. The van der Waals surface area contributed by atoms with E-state index in [1.54, 1.807) is 55.6 Å². The Kier molecular flexibility index (Phi) is 3.62. The Balaban J connectivity index is 1.98. The third-order valence-corrected chi connectivity index (χ3v) is 3.34. The number of H-pyrrole nitrogens is 1. The zero-order chi connectivity index (χ0) is 15.5. The van der Waals surface area contributed by atoms with Crippen LogP contribution in [-0.2, 0) is 0 Å². The van der Waals surface area contributed by atoms with Gasteiger partial charge in [0.25, 0.3) is 11.5 Å². The van der Waals surface area contributed by atoms with Gasteiger partial charge in [-0.3, -0.25) is 9.59 Å². The van der Waals surface area contributed by atoms with Crippen LogP contribution in [0.3, 0.4) is 0 Å². The molecule has 0 fully saturated rings. The van der Waals surface area contributed by atoms with E-state index in [-0.39, 0.29) is 17.2 Å². The van der Waals surface area contributed by atoms with Crippen molar-refractivity contribution >= 4 is 22.5 Å². The lowest BCUT2D eigenvalue weighted by molar-refractivity contribution is 0.102. The molecule has 5 heteroatoms. The average Bonchev–Trinajstić information content (AvgIpc) is 2.56. The molecular formula is C17H14N2O3. The predicted molar refractivity (Wildman–Crippen MR) is 85.5 cm³/mol. The molecule has 0 unspecified atom stereocenters. The van der Waals surface area contributed by atoms with Gasteiger partial charge in [0.15, 0.2) is 0 Å². The van der Waals surface area contributed by atoms with Crippen LogP contribution in [0.4, 0.5) is 5.69 Å². The Morgan fingerprint density at radius 2 is 1.86 bits per heavy atom. The van der Waals surface area contributed by atoms with Gasteiger partial charge in [-0.2, -0.15) is 0 Å². The van der Waals surface area contributed by atoms with Crippen LogP contribution in [0.15, 0.2) is 59.4 Å². The molecule has 2 aromatic carbocycles. The molecule has 0 atom stereocenters. The highest BCUT2D eigenvalue weighted by Crippen LogP contribution is 2.20. The molecule has 0 spiro atoms. The van der Waals surface area contributed by atoms with E-state index in [2.05, 4.69) is 10.3 Å². The van der Waals surface area contributed by atoms with Crippen LogP contribution in [0.1, 0.15) is 10.4 Å². The average molecular weight is 294 g/mol. The number of pyridine rings is 1. The summed E-state index contributed by atoms with van der Waals surface area (Å²) in [4.78, 5) is 26.9. The molecule has 3 rings (SSSR count). The summed E-state index contributed by atoms with van der Waals surface area (Å²) in [5.41, 5.74) is 1.03. The van der Waals surface area contributed by atoms with E-state index in [0.29, 0.717) is 16.8 Å². The third-order valence-electron chi connectivity index (χ3n) is 3.34. The summed E-state index contributed by atoms with van der Waals surface area (Å²) in [6, 6.07) is 15.7. The SMILES string of the molecule is COc1ccc2[nH]c(=O)c(NC(=O)c3ccccc3)cc2c1. The van der Waals surface area contributed by atoms with Gasteiger partial charge in [-0.15, -0.1) is 0 Å². The minimum Gasteiger partial charge on any atom is -0.497 e. The van der Waals surface area contributed by atoms with E-state index in [9.17, 15) is 9.59 Å². The normalized spacial score (nSPS) is 10.4. The lowest BCUT2D eigenvalue weighted by Gasteiger charge is -2.07. The highest BCUT2D eigenvalue weighted by atomic mass is 16.5. The number of carbonyl (C=O) groups excluding carboxylic acids is 1. The van der Waals surface area contributed by atoms with Gasteiger partial charge in [-0.25, -0.2) is 0 Å². The van der Waals surface area contributed by atoms with Crippen molar-refractivity contribution in [3.05, 3.63) is 70.5 Å². The molecule has 0 aliphatic heterocycles. The first-order valence-electron chi connectivity index (χ1n) is 6.75. The number of nitrogens with one attached hydrogen (secondary N) is 2. The summed E-state index contributed by atoms with van der Waals surface area (Å²) in [7, 11) is 1.57. The summed E-state index contributed by atoms with van der Waals surface area (Å²) >= 11 is 0. The fourth-order valence-electron chi connectivity index (χ4n) is 2.19. The monoisotopic (exact) mass is 294 g/mol. The minimum atomic E-state index is -0.345. The molecule has 0 aliphatic carbocycles. The van der Waals surface area contributed by atoms with Gasteiger partial charge in [0.2, 0.25) is 0 Å². The van der Waals surface area contributed by atoms with Crippen LogP contribution in [0, 0.1) is 0 Å². The Morgan fingerprint density at radius 3 is 2.59 bits per heavy atom. The van der Waals surface area contributed by atoms with Gasteiger partial charge in [0, 0.05) is 16.5 Å². The molecule has 22 heavy (non-hydrogen) atoms. The van der Waals surface area contributed by atoms with E-state index in [1.807, 2.05) is 6.07 Å². The number of hydrogen-bond donors (Lipinski definition) is 2. The fourth-order valence-corrected chi connectivity index (χ4v) is 2.19. The second kappa shape index (κ2) is 5.73. The van der Waals surface area contributed by atoms with Crippen molar-refractivity contribution in [1.29, 1.82) is 0 Å². The van der Waals surface area contributed by atoms with Crippen LogP contribution in [-0.4, -0.2) is 18.0 Å². The van der Waals surface area contributed by atoms with Crippen molar-refractivity contribution in [3.63, 3.8) is 0 Å². The van der Waals surface area contributed by atoms with Crippen molar-refractivity contribution in [2.75, 3.05) is 12.4 Å². The molecule has 1 aromatic heterocycles. The first-order chi connectivity index (χ1) is 10.7. The Hall–Kier alpha value is -3.08. The quantitative estimate of drug-likeness (QED) is 0.780. The Morgan fingerprint density at radius 1 is 1.09 bits per heavy atom. The van der Waals surface area contributed by atoms with Gasteiger partial charge in [0.1, 0.15) is 11.4 Å². The smallest absolute Gasteiger partial charge is 0.272 e. The number of aromatic nitrogens is 1.